The Labute approximate surface area is 145 Å². The first-order valence-corrected chi connectivity index (χ1v) is 7.62. The summed E-state index contributed by atoms with van der Waals surface area (Å²) in [7, 11) is 0. The summed E-state index contributed by atoms with van der Waals surface area (Å²) in [6, 6.07) is 3.62. The normalized spacial score (nSPS) is 16.6. The van der Waals surface area contributed by atoms with E-state index in [0.717, 1.165) is 6.07 Å². The monoisotopic (exact) mass is 385 g/mol. The summed E-state index contributed by atoms with van der Waals surface area (Å²) in [5.41, 5.74) is 5.61. The molecule has 1 saturated heterocycles. The second kappa shape index (κ2) is 7.60. The maximum atomic E-state index is 12.4. The SMILES string of the molecule is Nc1cc(C(=O)N2CCN(CC(F)(F)F)CC2)ccc1OCC(F)(F)F. The van der Waals surface area contributed by atoms with E-state index in [1.807, 2.05) is 0 Å². The molecule has 0 aliphatic carbocycles. The number of rotatable bonds is 4. The summed E-state index contributed by atoms with van der Waals surface area (Å²) in [5, 5.41) is 0. The van der Waals surface area contributed by atoms with Crippen LogP contribution in [0.1, 0.15) is 10.4 Å². The number of hydrogen-bond donors (Lipinski definition) is 1. The molecule has 1 aliphatic heterocycles. The number of nitrogen functional groups attached to an aromatic ring is 1. The minimum Gasteiger partial charge on any atom is -0.482 e. The molecule has 1 fully saturated rings. The lowest BCUT2D eigenvalue weighted by molar-refractivity contribution is -0.153. The predicted molar refractivity (Wildman–Crippen MR) is 80.8 cm³/mol. The predicted octanol–water partition coefficient (Wildman–Crippen LogP) is 2.53. The molecule has 1 amide bonds. The van der Waals surface area contributed by atoms with Crippen LogP contribution in [0.15, 0.2) is 18.2 Å². The molecule has 5 nitrogen and oxygen atoms in total. The van der Waals surface area contributed by atoms with Crippen LogP contribution < -0.4 is 10.5 Å². The van der Waals surface area contributed by atoms with E-state index in [1.165, 1.54) is 21.9 Å². The van der Waals surface area contributed by atoms with E-state index in [-0.39, 0.29) is 43.2 Å². The van der Waals surface area contributed by atoms with E-state index in [4.69, 9.17) is 5.73 Å². The zero-order valence-electron chi connectivity index (χ0n) is 13.5. The van der Waals surface area contributed by atoms with Gasteiger partial charge in [0.05, 0.1) is 12.2 Å². The highest BCUT2D eigenvalue weighted by atomic mass is 19.4. The second-order valence-electron chi connectivity index (χ2n) is 5.84. The Hall–Kier alpha value is -2.17. The molecular weight excluding hydrogens is 368 g/mol. The quantitative estimate of drug-likeness (QED) is 0.639. The maximum absolute atomic E-state index is 12.4. The van der Waals surface area contributed by atoms with Crippen molar-refractivity contribution in [3.05, 3.63) is 23.8 Å². The van der Waals surface area contributed by atoms with Crippen LogP contribution in [-0.2, 0) is 0 Å². The number of alkyl halides is 6. The number of halogens is 6. The fourth-order valence-corrected chi connectivity index (χ4v) is 2.52. The van der Waals surface area contributed by atoms with E-state index in [0.29, 0.717) is 0 Å². The molecule has 1 heterocycles. The minimum absolute atomic E-state index is 0.0769. The molecule has 11 heteroatoms. The van der Waals surface area contributed by atoms with Crippen LogP contribution in [0.4, 0.5) is 32.0 Å². The zero-order valence-corrected chi connectivity index (χ0v) is 13.5. The first-order valence-electron chi connectivity index (χ1n) is 7.62. The van der Waals surface area contributed by atoms with E-state index < -0.39 is 31.4 Å². The van der Waals surface area contributed by atoms with Gasteiger partial charge in [-0.25, -0.2) is 0 Å². The average molecular weight is 385 g/mol. The van der Waals surface area contributed by atoms with E-state index >= 15 is 0 Å². The number of hydrogen-bond acceptors (Lipinski definition) is 4. The van der Waals surface area contributed by atoms with Crippen molar-refractivity contribution in [1.29, 1.82) is 0 Å². The summed E-state index contributed by atoms with van der Waals surface area (Å²) < 4.78 is 78.1. The fraction of sp³-hybridized carbons (Fsp3) is 0.533. The number of piperazine rings is 1. The highest BCUT2D eigenvalue weighted by molar-refractivity contribution is 5.95. The van der Waals surface area contributed by atoms with Crippen molar-refractivity contribution >= 4 is 11.6 Å². The van der Waals surface area contributed by atoms with Crippen molar-refractivity contribution in [2.75, 3.05) is 45.1 Å². The van der Waals surface area contributed by atoms with Crippen molar-refractivity contribution < 1.29 is 35.9 Å². The van der Waals surface area contributed by atoms with Gasteiger partial charge in [-0.05, 0) is 18.2 Å². The number of nitrogens with two attached hydrogens (primary N) is 1. The van der Waals surface area contributed by atoms with Gasteiger partial charge in [0.25, 0.3) is 5.91 Å². The minimum atomic E-state index is -4.52. The van der Waals surface area contributed by atoms with Crippen LogP contribution in [0.5, 0.6) is 5.75 Å². The van der Waals surface area contributed by atoms with Gasteiger partial charge in [-0.1, -0.05) is 0 Å². The fourth-order valence-electron chi connectivity index (χ4n) is 2.52. The molecular formula is C15H17F6N3O2. The molecule has 26 heavy (non-hydrogen) atoms. The van der Waals surface area contributed by atoms with Crippen LogP contribution in [0.3, 0.4) is 0 Å². The second-order valence-corrected chi connectivity index (χ2v) is 5.84. The Bertz CT molecular complexity index is 639. The molecule has 0 bridgehead atoms. The number of anilines is 1. The Morgan fingerprint density at radius 1 is 1.04 bits per heavy atom. The maximum Gasteiger partial charge on any atom is 0.422 e. The van der Waals surface area contributed by atoms with Gasteiger partial charge in [0.2, 0.25) is 0 Å². The van der Waals surface area contributed by atoms with Crippen LogP contribution in [0.2, 0.25) is 0 Å². The van der Waals surface area contributed by atoms with Gasteiger partial charge in [-0.15, -0.1) is 0 Å². The molecule has 0 spiro atoms. The molecule has 1 aromatic carbocycles. The van der Waals surface area contributed by atoms with Gasteiger partial charge in [-0.2, -0.15) is 26.3 Å². The summed E-state index contributed by atoms with van der Waals surface area (Å²) in [6.07, 6.45) is -8.82. The number of nitrogens with zero attached hydrogens (tertiary/aromatic N) is 2. The molecule has 146 valence electrons. The van der Waals surface area contributed by atoms with Crippen molar-refractivity contribution in [1.82, 2.24) is 9.80 Å². The summed E-state index contributed by atoms with van der Waals surface area (Å²) in [6.45, 7) is -2.16. The van der Waals surface area contributed by atoms with Crippen LogP contribution >= 0.6 is 0 Å². The number of carbonyl (C=O) groups is 1. The zero-order chi connectivity index (χ0) is 19.5. The largest absolute Gasteiger partial charge is 0.482 e. The smallest absolute Gasteiger partial charge is 0.422 e. The lowest BCUT2D eigenvalue weighted by Crippen LogP contribution is -2.50. The molecule has 1 aromatic rings. The lowest BCUT2D eigenvalue weighted by atomic mass is 10.1. The molecule has 2 N–H and O–H groups in total. The highest BCUT2D eigenvalue weighted by Gasteiger charge is 2.33. The van der Waals surface area contributed by atoms with E-state index in [9.17, 15) is 31.1 Å². The molecule has 1 aliphatic rings. The third kappa shape index (κ3) is 5.97. The number of carbonyl (C=O) groups excluding carboxylic acids is 1. The van der Waals surface area contributed by atoms with Gasteiger partial charge >= 0.3 is 12.4 Å². The third-order valence-corrected chi connectivity index (χ3v) is 3.71. The lowest BCUT2D eigenvalue weighted by Gasteiger charge is -2.35. The Balaban J connectivity index is 1.95. The number of amides is 1. The molecule has 2 rings (SSSR count). The molecule has 0 atom stereocenters. The highest BCUT2D eigenvalue weighted by Crippen LogP contribution is 2.26. The van der Waals surface area contributed by atoms with Gasteiger partial charge in [0, 0.05) is 31.7 Å². The number of benzene rings is 1. The van der Waals surface area contributed by atoms with Crippen molar-refractivity contribution in [3.63, 3.8) is 0 Å². The van der Waals surface area contributed by atoms with E-state index in [2.05, 4.69) is 4.74 Å². The summed E-state index contributed by atoms with van der Waals surface area (Å²) in [4.78, 5) is 15.0. The summed E-state index contributed by atoms with van der Waals surface area (Å²) >= 11 is 0. The molecule has 0 saturated carbocycles. The van der Waals surface area contributed by atoms with Crippen molar-refractivity contribution in [2.45, 2.75) is 12.4 Å². The van der Waals surface area contributed by atoms with E-state index in [1.54, 1.807) is 0 Å². The van der Waals surface area contributed by atoms with Gasteiger partial charge < -0.3 is 15.4 Å². The van der Waals surface area contributed by atoms with Crippen molar-refractivity contribution in [3.8, 4) is 5.75 Å². The van der Waals surface area contributed by atoms with Gasteiger partial charge in [0.1, 0.15) is 5.75 Å². The molecule has 0 radical (unpaired) electrons. The third-order valence-electron chi connectivity index (χ3n) is 3.71. The number of ether oxygens (including phenoxy) is 1. The Kier molecular flexibility index (Phi) is 5.89. The Morgan fingerprint density at radius 3 is 2.15 bits per heavy atom. The van der Waals surface area contributed by atoms with Crippen molar-refractivity contribution in [2.24, 2.45) is 0 Å². The summed E-state index contributed by atoms with van der Waals surface area (Å²) in [5.74, 6) is -0.653. The topological polar surface area (TPSA) is 58.8 Å². The van der Waals surface area contributed by atoms with Crippen LogP contribution in [0.25, 0.3) is 0 Å². The van der Waals surface area contributed by atoms with Gasteiger partial charge in [-0.3, -0.25) is 9.69 Å². The van der Waals surface area contributed by atoms with Crippen LogP contribution in [0, 0.1) is 0 Å². The standard InChI is InChI=1S/C15H17F6N3O2/c16-14(17,18)8-23-3-5-24(6-4-23)13(25)10-1-2-12(11(22)7-10)26-9-15(19,20)21/h1-2,7H,3-6,8-9,22H2. The van der Waals surface area contributed by atoms with Gasteiger partial charge in [0.15, 0.2) is 6.61 Å². The van der Waals surface area contributed by atoms with Crippen LogP contribution in [-0.4, -0.2) is 67.4 Å². The first kappa shape index (κ1) is 20.1. The average Bonchev–Trinajstić information content (AvgIpc) is 2.51. The first-order chi connectivity index (χ1) is 11.9. The molecule has 0 unspecified atom stereocenters. The Morgan fingerprint density at radius 2 is 1.65 bits per heavy atom. The molecule has 0 aromatic heterocycles.